The van der Waals surface area contributed by atoms with Crippen molar-refractivity contribution >= 4 is 17.8 Å². The zero-order chi connectivity index (χ0) is 20.8. The number of aromatic nitrogens is 3. The van der Waals surface area contributed by atoms with E-state index in [1.54, 1.807) is 10.6 Å². The predicted molar refractivity (Wildman–Crippen MR) is 113 cm³/mol. The second kappa shape index (κ2) is 9.16. The van der Waals surface area contributed by atoms with Gasteiger partial charge in [0.15, 0.2) is 17.5 Å². The van der Waals surface area contributed by atoms with Gasteiger partial charge in [0.05, 0.1) is 25.0 Å². The summed E-state index contributed by atoms with van der Waals surface area (Å²) in [6, 6.07) is 21.2. The molecule has 3 aromatic rings. The monoisotopic (exact) mass is 399 g/mol. The van der Waals surface area contributed by atoms with E-state index in [-0.39, 0.29) is 5.78 Å². The molecule has 0 amide bonds. The number of hydrogen-bond donors (Lipinski definition) is 0. The summed E-state index contributed by atoms with van der Waals surface area (Å²) in [5, 5.41) is 18.4. The first-order valence-electron chi connectivity index (χ1n) is 9.78. The van der Waals surface area contributed by atoms with Crippen LogP contribution in [0.15, 0.2) is 66.7 Å². The molecule has 1 aliphatic rings. The summed E-state index contributed by atoms with van der Waals surface area (Å²) in [4.78, 5) is 15.0. The van der Waals surface area contributed by atoms with Gasteiger partial charge in [-0.25, -0.2) is 0 Å². The molecule has 1 aliphatic heterocycles. The van der Waals surface area contributed by atoms with E-state index in [1.807, 2.05) is 60.7 Å². The third-order valence-electron chi connectivity index (χ3n) is 4.89. The summed E-state index contributed by atoms with van der Waals surface area (Å²) in [6.07, 6.45) is 3.14. The normalized spacial score (nSPS) is 15.1. The molecule has 150 valence electrons. The largest absolute Gasteiger partial charge is 0.378 e. The average Bonchev–Trinajstić information content (AvgIpc) is 3.25. The minimum atomic E-state index is -1.06. The number of rotatable bonds is 6. The SMILES string of the molecule is N#CC(C(=O)/C=C/c1ccccc1)c1nnc(N2CCOCC2)n1-c1ccccc1. The van der Waals surface area contributed by atoms with E-state index in [0.717, 1.165) is 11.3 Å². The topological polar surface area (TPSA) is 84.0 Å². The summed E-state index contributed by atoms with van der Waals surface area (Å²) in [6.45, 7) is 2.53. The first-order chi connectivity index (χ1) is 14.8. The van der Waals surface area contributed by atoms with Gasteiger partial charge in [-0.05, 0) is 23.8 Å². The number of anilines is 1. The Morgan fingerprint density at radius 2 is 1.70 bits per heavy atom. The standard InChI is InChI=1S/C23H21N5O2/c24-17-20(21(29)12-11-18-7-3-1-4-8-18)22-25-26-23(27-13-15-30-16-14-27)28(22)19-9-5-2-6-10-19/h1-12,20H,13-16H2/b12-11+. The number of ketones is 1. The highest BCUT2D eigenvalue weighted by Gasteiger charge is 2.29. The molecule has 30 heavy (non-hydrogen) atoms. The van der Waals surface area contributed by atoms with E-state index in [4.69, 9.17) is 4.74 Å². The number of hydrogen-bond acceptors (Lipinski definition) is 6. The summed E-state index contributed by atoms with van der Waals surface area (Å²) < 4.78 is 7.24. The van der Waals surface area contributed by atoms with E-state index in [1.165, 1.54) is 6.08 Å². The number of carbonyl (C=O) groups excluding carboxylic acids is 1. The molecule has 1 fully saturated rings. The van der Waals surface area contributed by atoms with Crippen LogP contribution in [-0.2, 0) is 9.53 Å². The molecule has 0 N–H and O–H groups in total. The van der Waals surface area contributed by atoms with E-state index < -0.39 is 5.92 Å². The molecule has 0 saturated carbocycles. The smallest absolute Gasteiger partial charge is 0.232 e. The number of ether oxygens (including phenoxy) is 1. The van der Waals surface area contributed by atoms with Gasteiger partial charge in [-0.3, -0.25) is 9.36 Å². The van der Waals surface area contributed by atoms with E-state index in [2.05, 4.69) is 21.2 Å². The van der Waals surface area contributed by atoms with Crippen molar-refractivity contribution in [3.05, 3.63) is 78.1 Å². The van der Waals surface area contributed by atoms with Gasteiger partial charge in [0.25, 0.3) is 0 Å². The molecule has 1 atom stereocenters. The Morgan fingerprint density at radius 1 is 1.03 bits per heavy atom. The first-order valence-corrected chi connectivity index (χ1v) is 9.78. The quantitative estimate of drug-likeness (QED) is 0.593. The predicted octanol–water partition coefficient (Wildman–Crippen LogP) is 2.99. The number of morpholine rings is 1. The molecule has 2 aromatic carbocycles. The maximum absolute atomic E-state index is 12.9. The zero-order valence-electron chi connectivity index (χ0n) is 16.4. The number of allylic oxidation sites excluding steroid dienone is 1. The Labute approximate surface area is 174 Å². The lowest BCUT2D eigenvalue weighted by Gasteiger charge is -2.28. The molecule has 0 bridgehead atoms. The molecule has 0 aliphatic carbocycles. The molecule has 1 saturated heterocycles. The molecule has 7 nitrogen and oxygen atoms in total. The van der Waals surface area contributed by atoms with Crippen LogP contribution in [0.2, 0.25) is 0 Å². The van der Waals surface area contributed by atoms with Gasteiger partial charge in [-0.15, -0.1) is 10.2 Å². The maximum Gasteiger partial charge on any atom is 0.232 e. The lowest BCUT2D eigenvalue weighted by atomic mass is 10.0. The molecule has 0 spiro atoms. The second-order valence-electron chi connectivity index (χ2n) is 6.84. The Hall–Kier alpha value is -3.76. The first kappa shape index (κ1) is 19.6. The fourth-order valence-electron chi connectivity index (χ4n) is 3.35. The van der Waals surface area contributed by atoms with Gasteiger partial charge in [-0.1, -0.05) is 54.6 Å². The Kier molecular flexibility index (Phi) is 5.97. The van der Waals surface area contributed by atoms with Crippen LogP contribution in [-0.4, -0.2) is 46.9 Å². The summed E-state index contributed by atoms with van der Waals surface area (Å²) in [5.74, 6) is -0.473. The molecule has 0 radical (unpaired) electrons. The van der Waals surface area contributed by atoms with Crippen molar-refractivity contribution in [1.82, 2.24) is 14.8 Å². The zero-order valence-corrected chi connectivity index (χ0v) is 16.4. The fourth-order valence-corrected chi connectivity index (χ4v) is 3.35. The van der Waals surface area contributed by atoms with Gasteiger partial charge in [0, 0.05) is 13.1 Å². The van der Waals surface area contributed by atoms with Crippen molar-refractivity contribution in [3.8, 4) is 11.8 Å². The van der Waals surface area contributed by atoms with Crippen LogP contribution in [0.4, 0.5) is 5.95 Å². The van der Waals surface area contributed by atoms with Crippen molar-refractivity contribution in [1.29, 1.82) is 5.26 Å². The minimum absolute atomic E-state index is 0.313. The Morgan fingerprint density at radius 3 is 2.37 bits per heavy atom. The van der Waals surface area contributed by atoms with Crippen molar-refractivity contribution in [2.45, 2.75) is 5.92 Å². The highest BCUT2D eigenvalue weighted by atomic mass is 16.5. The van der Waals surface area contributed by atoms with Crippen LogP contribution in [0.1, 0.15) is 17.3 Å². The lowest BCUT2D eigenvalue weighted by Crippen LogP contribution is -2.38. The van der Waals surface area contributed by atoms with Crippen molar-refractivity contribution in [2.75, 3.05) is 31.2 Å². The molecule has 1 unspecified atom stereocenters. The lowest BCUT2D eigenvalue weighted by molar-refractivity contribution is -0.115. The highest BCUT2D eigenvalue weighted by molar-refractivity contribution is 6.00. The van der Waals surface area contributed by atoms with Gasteiger partial charge >= 0.3 is 0 Å². The van der Waals surface area contributed by atoms with Gasteiger partial charge in [0.2, 0.25) is 5.95 Å². The molecule has 1 aromatic heterocycles. The average molecular weight is 399 g/mol. The van der Waals surface area contributed by atoms with Crippen LogP contribution in [0, 0.1) is 11.3 Å². The van der Waals surface area contributed by atoms with Crippen molar-refractivity contribution in [2.24, 2.45) is 0 Å². The van der Waals surface area contributed by atoms with Crippen LogP contribution in [0.5, 0.6) is 0 Å². The van der Waals surface area contributed by atoms with Crippen LogP contribution in [0.3, 0.4) is 0 Å². The summed E-state index contributed by atoms with van der Waals surface area (Å²) >= 11 is 0. The minimum Gasteiger partial charge on any atom is -0.378 e. The number of nitrogens with zero attached hydrogens (tertiary/aromatic N) is 5. The Bertz CT molecular complexity index is 1060. The second-order valence-corrected chi connectivity index (χ2v) is 6.84. The third kappa shape index (κ3) is 4.14. The number of carbonyl (C=O) groups is 1. The fraction of sp³-hybridized carbons (Fsp3) is 0.217. The molecule has 4 rings (SSSR count). The number of nitriles is 1. The maximum atomic E-state index is 12.9. The molecule has 7 heteroatoms. The molecule has 2 heterocycles. The van der Waals surface area contributed by atoms with Crippen LogP contribution in [0.25, 0.3) is 11.8 Å². The highest BCUT2D eigenvalue weighted by Crippen LogP contribution is 2.26. The van der Waals surface area contributed by atoms with Crippen molar-refractivity contribution in [3.63, 3.8) is 0 Å². The van der Waals surface area contributed by atoms with Gasteiger partial charge in [-0.2, -0.15) is 5.26 Å². The van der Waals surface area contributed by atoms with Crippen LogP contribution < -0.4 is 4.90 Å². The molecular weight excluding hydrogens is 378 g/mol. The number of benzene rings is 2. The van der Waals surface area contributed by atoms with E-state index >= 15 is 0 Å². The van der Waals surface area contributed by atoms with Gasteiger partial charge in [0.1, 0.15) is 0 Å². The van der Waals surface area contributed by atoms with E-state index in [0.29, 0.717) is 38.1 Å². The van der Waals surface area contributed by atoms with Crippen LogP contribution >= 0.6 is 0 Å². The Balaban J connectivity index is 1.71. The van der Waals surface area contributed by atoms with E-state index in [9.17, 15) is 10.1 Å². The summed E-state index contributed by atoms with van der Waals surface area (Å²) in [7, 11) is 0. The summed E-state index contributed by atoms with van der Waals surface area (Å²) in [5.41, 5.74) is 1.69. The number of para-hydroxylation sites is 1. The molecular formula is C23H21N5O2. The van der Waals surface area contributed by atoms with Crippen molar-refractivity contribution < 1.29 is 9.53 Å². The third-order valence-corrected chi connectivity index (χ3v) is 4.89. The van der Waals surface area contributed by atoms with Gasteiger partial charge < -0.3 is 9.64 Å².